The number of imidazole rings is 1. The molecule has 1 N–H and O–H groups in total. The molecule has 0 fully saturated rings. The molecule has 0 spiro atoms. The maximum Gasteiger partial charge on any atom is 0.238 e. The van der Waals surface area contributed by atoms with Crippen LogP contribution in [0.2, 0.25) is 0 Å². The van der Waals surface area contributed by atoms with Gasteiger partial charge < -0.3 is 9.88 Å². The van der Waals surface area contributed by atoms with Crippen molar-refractivity contribution < 1.29 is 4.79 Å². The van der Waals surface area contributed by atoms with Crippen LogP contribution in [-0.4, -0.2) is 20.8 Å². The van der Waals surface area contributed by atoms with Gasteiger partial charge in [0.25, 0.3) is 0 Å². The number of rotatable bonds is 4. The van der Waals surface area contributed by atoms with Gasteiger partial charge in [0.1, 0.15) is 11.2 Å². The highest BCUT2D eigenvalue weighted by atomic mass is 35.5. The Labute approximate surface area is 117 Å². The Balaban J connectivity index is 2.03. The first kappa shape index (κ1) is 13.6. The summed E-state index contributed by atoms with van der Waals surface area (Å²) in [6, 6.07) is 7.96. The van der Waals surface area contributed by atoms with Crippen LogP contribution in [0.25, 0.3) is 5.69 Å². The molecule has 0 saturated heterocycles. The lowest BCUT2D eigenvalue weighted by molar-refractivity contribution is -0.120. The number of alkyl halides is 1. The van der Waals surface area contributed by atoms with Crippen LogP contribution >= 0.6 is 11.6 Å². The molecule has 2 rings (SSSR count). The number of carbonyl (C=O) groups excluding carboxylic acids is 1. The van der Waals surface area contributed by atoms with E-state index in [-0.39, 0.29) is 5.91 Å². The molecule has 1 unspecified atom stereocenters. The zero-order chi connectivity index (χ0) is 13.8. The van der Waals surface area contributed by atoms with Gasteiger partial charge in [0.05, 0.1) is 0 Å². The standard InChI is InChI=1S/C14H16ClN3O/c1-10(15)14(19)17-9-12-3-5-13(6-4-12)18-8-7-16-11(18)2/h3-8,10H,9H2,1-2H3,(H,17,19). The second kappa shape index (κ2) is 5.89. The van der Waals surface area contributed by atoms with Crippen LogP contribution in [0.4, 0.5) is 0 Å². The average molecular weight is 278 g/mol. The Morgan fingerprint density at radius 3 is 2.63 bits per heavy atom. The van der Waals surface area contributed by atoms with E-state index in [9.17, 15) is 4.79 Å². The Morgan fingerprint density at radius 2 is 2.11 bits per heavy atom. The largest absolute Gasteiger partial charge is 0.351 e. The van der Waals surface area contributed by atoms with Gasteiger partial charge in [-0.15, -0.1) is 11.6 Å². The summed E-state index contributed by atoms with van der Waals surface area (Å²) in [5.74, 6) is 0.785. The molecule has 0 radical (unpaired) electrons. The molecular formula is C14H16ClN3O. The summed E-state index contributed by atoms with van der Waals surface area (Å²) in [6.45, 7) is 4.09. The van der Waals surface area contributed by atoms with Crippen LogP contribution in [0, 0.1) is 6.92 Å². The fourth-order valence-electron chi connectivity index (χ4n) is 1.76. The van der Waals surface area contributed by atoms with Crippen molar-refractivity contribution in [2.45, 2.75) is 25.8 Å². The van der Waals surface area contributed by atoms with Gasteiger partial charge in [-0.3, -0.25) is 4.79 Å². The number of nitrogens with one attached hydrogen (secondary N) is 1. The Bertz CT molecular complexity index is 560. The first-order chi connectivity index (χ1) is 9.08. The lowest BCUT2D eigenvalue weighted by Gasteiger charge is -2.08. The monoisotopic (exact) mass is 277 g/mol. The Hall–Kier alpha value is -1.81. The van der Waals surface area contributed by atoms with Gasteiger partial charge in [0, 0.05) is 24.6 Å². The number of hydrogen-bond acceptors (Lipinski definition) is 2. The van der Waals surface area contributed by atoms with Gasteiger partial charge in [-0.1, -0.05) is 12.1 Å². The SMILES string of the molecule is Cc1nccn1-c1ccc(CNC(=O)C(C)Cl)cc1. The maximum absolute atomic E-state index is 11.4. The van der Waals surface area contributed by atoms with E-state index >= 15 is 0 Å². The summed E-state index contributed by atoms with van der Waals surface area (Å²) in [5, 5.41) is 2.27. The molecule has 100 valence electrons. The highest BCUT2D eigenvalue weighted by Crippen LogP contribution is 2.11. The van der Waals surface area contributed by atoms with E-state index in [1.165, 1.54) is 0 Å². The van der Waals surface area contributed by atoms with Crippen LogP contribution < -0.4 is 5.32 Å². The Kier molecular flexibility index (Phi) is 4.22. The zero-order valence-corrected chi connectivity index (χ0v) is 11.7. The summed E-state index contributed by atoms with van der Waals surface area (Å²) in [4.78, 5) is 15.5. The van der Waals surface area contributed by atoms with Gasteiger partial charge in [-0.05, 0) is 31.5 Å². The summed E-state index contributed by atoms with van der Waals surface area (Å²) < 4.78 is 2.00. The second-order valence-corrected chi connectivity index (χ2v) is 5.00. The van der Waals surface area contributed by atoms with Gasteiger partial charge in [0.2, 0.25) is 5.91 Å². The molecule has 1 aromatic carbocycles. The lowest BCUT2D eigenvalue weighted by Crippen LogP contribution is -2.28. The molecule has 1 atom stereocenters. The molecule has 0 aliphatic rings. The van der Waals surface area contributed by atoms with E-state index < -0.39 is 5.38 Å². The first-order valence-corrected chi connectivity index (χ1v) is 6.52. The summed E-state index contributed by atoms with van der Waals surface area (Å²) in [7, 11) is 0. The van der Waals surface area contributed by atoms with Crippen molar-refractivity contribution in [3.63, 3.8) is 0 Å². The molecule has 0 aliphatic carbocycles. The predicted octanol–water partition coefficient (Wildman–Crippen LogP) is 2.42. The van der Waals surface area contributed by atoms with Crippen LogP contribution in [0.15, 0.2) is 36.7 Å². The number of hydrogen-bond donors (Lipinski definition) is 1. The molecule has 5 heteroatoms. The van der Waals surface area contributed by atoms with Crippen LogP contribution in [0.3, 0.4) is 0 Å². The second-order valence-electron chi connectivity index (χ2n) is 4.34. The number of nitrogens with zero attached hydrogens (tertiary/aromatic N) is 2. The number of halogens is 1. The molecule has 19 heavy (non-hydrogen) atoms. The number of benzene rings is 1. The van der Waals surface area contributed by atoms with Crippen LogP contribution in [0.5, 0.6) is 0 Å². The fourth-order valence-corrected chi connectivity index (χ4v) is 1.83. The molecule has 0 bridgehead atoms. The number of aryl methyl sites for hydroxylation is 1. The Morgan fingerprint density at radius 1 is 1.42 bits per heavy atom. The van der Waals surface area contributed by atoms with Gasteiger partial charge in [-0.25, -0.2) is 4.98 Å². The van der Waals surface area contributed by atoms with Gasteiger partial charge in [-0.2, -0.15) is 0 Å². The zero-order valence-electron chi connectivity index (χ0n) is 10.9. The highest BCUT2D eigenvalue weighted by molar-refractivity contribution is 6.30. The highest BCUT2D eigenvalue weighted by Gasteiger charge is 2.08. The van der Waals surface area contributed by atoms with Crippen LogP contribution in [-0.2, 0) is 11.3 Å². The predicted molar refractivity (Wildman–Crippen MR) is 75.5 cm³/mol. The van der Waals surface area contributed by atoms with E-state index in [0.29, 0.717) is 6.54 Å². The van der Waals surface area contributed by atoms with Crippen molar-refractivity contribution in [1.29, 1.82) is 0 Å². The normalized spacial score (nSPS) is 12.2. The smallest absolute Gasteiger partial charge is 0.238 e. The molecule has 2 aromatic rings. The van der Waals surface area contributed by atoms with Crippen molar-refractivity contribution in [3.8, 4) is 5.69 Å². The minimum absolute atomic E-state index is 0.156. The molecule has 1 aromatic heterocycles. The van der Waals surface area contributed by atoms with E-state index in [2.05, 4.69) is 10.3 Å². The third-order valence-corrected chi connectivity index (χ3v) is 3.07. The van der Waals surface area contributed by atoms with E-state index in [1.807, 2.05) is 42.0 Å². The molecule has 1 amide bonds. The van der Waals surface area contributed by atoms with Crippen molar-refractivity contribution in [2.75, 3.05) is 0 Å². The van der Waals surface area contributed by atoms with Crippen LogP contribution in [0.1, 0.15) is 18.3 Å². The quantitative estimate of drug-likeness (QED) is 0.873. The molecular weight excluding hydrogens is 262 g/mol. The topological polar surface area (TPSA) is 46.9 Å². The van der Waals surface area contributed by atoms with E-state index in [4.69, 9.17) is 11.6 Å². The minimum Gasteiger partial charge on any atom is -0.351 e. The molecule has 4 nitrogen and oxygen atoms in total. The maximum atomic E-state index is 11.4. The number of amides is 1. The summed E-state index contributed by atoms with van der Waals surface area (Å²) in [5.41, 5.74) is 2.09. The van der Waals surface area contributed by atoms with Crippen molar-refractivity contribution >= 4 is 17.5 Å². The van der Waals surface area contributed by atoms with E-state index in [0.717, 1.165) is 17.1 Å². The average Bonchev–Trinajstić information content (AvgIpc) is 2.82. The van der Waals surface area contributed by atoms with Gasteiger partial charge >= 0.3 is 0 Å². The third-order valence-electron chi connectivity index (χ3n) is 2.87. The summed E-state index contributed by atoms with van der Waals surface area (Å²) >= 11 is 5.68. The lowest BCUT2D eigenvalue weighted by atomic mass is 10.2. The third kappa shape index (κ3) is 3.35. The molecule has 0 aliphatic heterocycles. The molecule has 1 heterocycles. The summed E-state index contributed by atoms with van der Waals surface area (Å²) in [6.07, 6.45) is 3.69. The van der Waals surface area contributed by atoms with Gasteiger partial charge in [0.15, 0.2) is 0 Å². The number of carbonyl (C=O) groups is 1. The minimum atomic E-state index is -0.507. The fraction of sp³-hybridized carbons (Fsp3) is 0.286. The van der Waals surface area contributed by atoms with Crippen molar-refractivity contribution in [3.05, 3.63) is 48.0 Å². The molecule has 0 saturated carbocycles. The first-order valence-electron chi connectivity index (χ1n) is 6.09. The van der Waals surface area contributed by atoms with Crippen molar-refractivity contribution in [2.24, 2.45) is 0 Å². The number of aromatic nitrogens is 2. The van der Waals surface area contributed by atoms with E-state index in [1.54, 1.807) is 13.1 Å². The van der Waals surface area contributed by atoms with Crippen molar-refractivity contribution in [1.82, 2.24) is 14.9 Å².